The van der Waals surface area contributed by atoms with Crippen molar-refractivity contribution in [3.63, 3.8) is 0 Å². The average molecular weight is 228 g/mol. The molecule has 1 unspecified atom stereocenters. The number of rotatable bonds is 6. The number of Topliss-reactive ketones (excluding diaryl/α,β-unsaturated/α-hetero) is 1. The van der Waals surface area contributed by atoms with Crippen LogP contribution in [0.5, 0.6) is 0 Å². The molecule has 0 aliphatic carbocycles. The third-order valence-corrected chi connectivity index (χ3v) is 3.33. The Hall–Kier alpha value is -0.410. The summed E-state index contributed by atoms with van der Waals surface area (Å²) < 4.78 is 5.58. The van der Waals surface area contributed by atoms with Gasteiger partial charge >= 0.3 is 0 Å². The Morgan fingerprint density at radius 2 is 2.00 bits per heavy atom. The third kappa shape index (κ3) is 3.56. The van der Waals surface area contributed by atoms with E-state index < -0.39 is 5.60 Å². The predicted octanol–water partition coefficient (Wildman–Crippen LogP) is 2.17. The first-order chi connectivity index (χ1) is 7.23. The lowest BCUT2D eigenvalue weighted by Crippen LogP contribution is -2.31. The summed E-state index contributed by atoms with van der Waals surface area (Å²) in [6.07, 6.45) is 1.54. The molecule has 0 bridgehead atoms. The second-order valence-corrected chi connectivity index (χ2v) is 5.82. The molecule has 0 amide bonds. The number of carbonyl (C=O) groups is 1. The van der Waals surface area contributed by atoms with Gasteiger partial charge in [-0.3, -0.25) is 0 Å². The number of carbonyl (C=O) groups excluding carboxylic acids is 1. The predicted molar refractivity (Wildman–Crippen MR) is 63.2 cm³/mol. The summed E-state index contributed by atoms with van der Waals surface area (Å²) in [5.74, 6) is 1.09. The molecule has 1 saturated heterocycles. The van der Waals surface area contributed by atoms with E-state index in [1.165, 1.54) is 0 Å². The van der Waals surface area contributed by atoms with Crippen LogP contribution in [0.2, 0.25) is 0 Å². The fourth-order valence-corrected chi connectivity index (χ4v) is 2.26. The highest BCUT2D eigenvalue weighted by Crippen LogP contribution is 2.41. The van der Waals surface area contributed by atoms with E-state index in [-0.39, 0.29) is 18.0 Å². The maximum absolute atomic E-state index is 11.0. The topological polar surface area (TPSA) is 49.8 Å². The minimum Gasteiger partial charge on any atom is -0.388 e. The van der Waals surface area contributed by atoms with Crippen LogP contribution < -0.4 is 0 Å². The SMILES string of the molecule is CC(=O)CCC(C(C)C)[C@@H]1O[C@H]1C(C)(C)O. The van der Waals surface area contributed by atoms with E-state index in [1.54, 1.807) is 20.8 Å². The van der Waals surface area contributed by atoms with Crippen molar-refractivity contribution in [1.82, 2.24) is 0 Å². The van der Waals surface area contributed by atoms with Gasteiger partial charge in [0.15, 0.2) is 0 Å². The van der Waals surface area contributed by atoms with Crippen LogP contribution in [-0.2, 0) is 9.53 Å². The van der Waals surface area contributed by atoms with Gasteiger partial charge < -0.3 is 14.6 Å². The van der Waals surface area contributed by atoms with Crippen LogP contribution >= 0.6 is 0 Å². The van der Waals surface area contributed by atoms with E-state index in [1.807, 2.05) is 0 Å². The van der Waals surface area contributed by atoms with Crippen molar-refractivity contribution >= 4 is 5.78 Å². The molecule has 0 aromatic carbocycles. The molecule has 1 aliphatic heterocycles. The highest BCUT2D eigenvalue weighted by Gasteiger charge is 2.52. The molecule has 0 radical (unpaired) electrons. The minimum absolute atomic E-state index is 0.0631. The average Bonchev–Trinajstić information content (AvgIpc) is 2.81. The van der Waals surface area contributed by atoms with Crippen LogP contribution in [0.4, 0.5) is 0 Å². The molecule has 16 heavy (non-hydrogen) atoms. The van der Waals surface area contributed by atoms with E-state index in [9.17, 15) is 9.90 Å². The summed E-state index contributed by atoms with van der Waals surface area (Å²) in [6, 6.07) is 0. The van der Waals surface area contributed by atoms with E-state index in [0.717, 1.165) is 6.42 Å². The normalized spacial score (nSPS) is 26.9. The molecule has 0 aromatic heterocycles. The summed E-state index contributed by atoms with van der Waals surface area (Å²) >= 11 is 0. The lowest BCUT2D eigenvalue weighted by atomic mass is 9.84. The highest BCUT2D eigenvalue weighted by atomic mass is 16.6. The summed E-state index contributed by atoms with van der Waals surface area (Å²) in [5.41, 5.74) is -0.770. The number of ketones is 1. The van der Waals surface area contributed by atoms with Gasteiger partial charge in [0.2, 0.25) is 0 Å². The van der Waals surface area contributed by atoms with Crippen LogP contribution in [0.1, 0.15) is 47.5 Å². The number of hydrogen-bond donors (Lipinski definition) is 1. The Kier molecular flexibility index (Phi) is 4.13. The zero-order chi connectivity index (χ0) is 12.5. The number of ether oxygens (including phenoxy) is 1. The van der Waals surface area contributed by atoms with Gasteiger partial charge in [0.05, 0.1) is 11.7 Å². The summed E-state index contributed by atoms with van der Waals surface area (Å²) in [7, 11) is 0. The molecule has 0 saturated carbocycles. The van der Waals surface area contributed by atoms with Crippen LogP contribution in [0.25, 0.3) is 0 Å². The van der Waals surface area contributed by atoms with Crippen LogP contribution in [0, 0.1) is 11.8 Å². The molecule has 3 atom stereocenters. The van der Waals surface area contributed by atoms with Crippen molar-refractivity contribution in [2.45, 2.75) is 65.3 Å². The van der Waals surface area contributed by atoms with Crippen molar-refractivity contribution < 1.29 is 14.6 Å². The monoisotopic (exact) mass is 228 g/mol. The molecule has 1 N–H and O–H groups in total. The molecule has 94 valence electrons. The quantitative estimate of drug-likeness (QED) is 0.709. The van der Waals surface area contributed by atoms with Gasteiger partial charge in [-0.05, 0) is 39.0 Å². The Balaban J connectivity index is 2.51. The van der Waals surface area contributed by atoms with Gasteiger partial charge in [-0.2, -0.15) is 0 Å². The second kappa shape index (κ2) is 4.84. The standard InChI is InChI=1S/C13H24O3/c1-8(2)10(7-6-9(3)14)11-12(16-11)13(4,5)15/h8,10-12,15H,6-7H2,1-5H3/t10?,11-,12+/m0/s1. The Labute approximate surface area is 98.2 Å². The van der Waals surface area contributed by atoms with Gasteiger partial charge in [0.25, 0.3) is 0 Å². The van der Waals surface area contributed by atoms with Crippen LogP contribution in [0.3, 0.4) is 0 Å². The summed E-state index contributed by atoms with van der Waals surface area (Å²) in [4.78, 5) is 11.0. The van der Waals surface area contributed by atoms with Crippen LogP contribution in [0.15, 0.2) is 0 Å². The maximum atomic E-state index is 11.0. The Bertz CT molecular complexity index is 252. The van der Waals surface area contributed by atoms with E-state index >= 15 is 0 Å². The zero-order valence-electron chi connectivity index (χ0n) is 11.0. The number of hydrogen-bond acceptors (Lipinski definition) is 3. The molecule has 3 heteroatoms. The molecular formula is C13H24O3. The Morgan fingerprint density at radius 3 is 2.31 bits per heavy atom. The zero-order valence-corrected chi connectivity index (χ0v) is 11.0. The van der Waals surface area contributed by atoms with Crippen LogP contribution in [-0.4, -0.2) is 28.7 Å². The fourth-order valence-electron chi connectivity index (χ4n) is 2.26. The van der Waals surface area contributed by atoms with Crippen molar-refractivity contribution in [3.8, 4) is 0 Å². The van der Waals surface area contributed by atoms with E-state index in [2.05, 4.69) is 13.8 Å². The molecule has 1 heterocycles. The largest absolute Gasteiger partial charge is 0.388 e. The first-order valence-corrected chi connectivity index (χ1v) is 6.10. The summed E-state index contributed by atoms with van der Waals surface area (Å²) in [5, 5.41) is 9.84. The lowest BCUT2D eigenvalue weighted by molar-refractivity contribution is -0.117. The Morgan fingerprint density at radius 1 is 1.44 bits per heavy atom. The van der Waals surface area contributed by atoms with Gasteiger partial charge in [-0.15, -0.1) is 0 Å². The molecule has 1 rings (SSSR count). The van der Waals surface area contributed by atoms with Gasteiger partial charge in [-0.1, -0.05) is 13.8 Å². The maximum Gasteiger partial charge on any atom is 0.129 e. The lowest BCUT2D eigenvalue weighted by Gasteiger charge is -2.20. The van der Waals surface area contributed by atoms with E-state index in [0.29, 0.717) is 18.3 Å². The number of aliphatic hydroxyl groups is 1. The molecule has 3 nitrogen and oxygen atoms in total. The van der Waals surface area contributed by atoms with Gasteiger partial charge in [0.1, 0.15) is 11.9 Å². The molecule has 1 aliphatic rings. The third-order valence-electron chi connectivity index (χ3n) is 3.33. The first-order valence-electron chi connectivity index (χ1n) is 6.10. The van der Waals surface area contributed by atoms with Crippen molar-refractivity contribution in [2.24, 2.45) is 11.8 Å². The van der Waals surface area contributed by atoms with Gasteiger partial charge in [-0.25, -0.2) is 0 Å². The van der Waals surface area contributed by atoms with Crippen molar-refractivity contribution in [1.29, 1.82) is 0 Å². The van der Waals surface area contributed by atoms with E-state index in [4.69, 9.17) is 4.74 Å². The minimum atomic E-state index is -0.770. The fraction of sp³-hybridized carbons (Fsp3) is 0.923. The van der Waals surface area contributed by atoms with Crippen molar-refractivity contribution in [3.05, 3.63) is 0 Å². The summed E-state index contributed by atoms with van der Waals surface area (Å²) in [6.45, 7) is 9.47. The second-order valence-electron chi connectivity index (χ2n) is 5.82. The van der Waals surface area contributed by atoms with Crippen molar-refractivity contribution in [2.75, 3.05) is 0 Å². The molecule has 1 fully saturated rings. The molecule has 0 spiro atoms. The molecular weight excluding hydrogens is 204 g/mol. The first kappa shape index (κ1) is 13.7. The number of epoxide rings is 1. The highest BCUT2D eigenvalue weighted by molar-refractivity contribution is 5.75. The smallest absolute Gasteiger partial charge is 0.129 e. The van der Waals surface area contributed by atoms with Gasteiger partial charge in [0, 0.05) is 6.42 Å². The molecule has 0 aromatic rings.